The molecule has 8 rings (SSSR count). The minimum absolute atomic E-state index is 1.11. The Morgan fingerprint density at radius 2 is 0.702 bits per heavy atom. The quantitative estimate of drug-likeness (QED) is 0.176. The largest absolute Gasteiger partial charge is 0.310 e. The highest BCUT2D eigenvalue weighted by Gasteiger charge is 2.18. The van der Waals surface area contributed by atoms with Crippen molar-refractivity contribution in [3.63, 3.8) is 0 Å². The molecular formula is C46H33N. The number of rotatable bonds is 7. The third-order valence-corrected chi connectivity index (χ3v) is 8.85. The highest BCUT2D eigenvalue weighted by atomic mass is 15.1. The maximum Gasteiger partial charge on any atom is 0.0540 e. The molecule has 8 aromatic carbocycles. The van der Waals surface area contributed by atoms with Crippen molar-refractivity contribution in [2.45, 2.75) is 0 Å². The van der Waals surface area contributed by atoms with Crippen molar-refractivity contribution in [2.24, 2.45) is 0 Å². The Morgan fingerprint density at radius 1 is 0.255 bits per heavy atom. The van der Waals surface area contributed by atoms with Crippen LogP contribution in [0.15, 0.2) is 200 Å². The molecular weight excluding hydrogens is 567 g/mol. The lowest BCUT2D eigenvalue weighted by atomic mass is 9.98. The fourth-order valence-corrected chi connectivity index (χ4v) is 6.46. The summed E-state index contributed by atoms with van der Waals surface area (Å²) >= 11 is 0. The van der Waals surface area contributed by atoms with Crippen LogP contribution in [-0.4, -0.2) is 0 Å². The Bertz CT molecular complexity index is 2290. The summed E-state index contributed by atoms with van der Waals surface area (Å²) in [5.41, 5.74) is 12.9. The molecule has 47 heavy (non-hydrogen) atoms. The standard InChI is InChI=1S/C46H33N/c1-3-13-34(14-4-1)36-25-27-37(28-26-36)40-19-11-21-43(32-40)47(46-24-10-9-23-45(46)38-16-5-2-6-17-38)44-22-12-20-41(33-44)42-30-29-35-15-7-8-18-39(35)31-42/h1-33H. The van der Waals surface area contributed by atoms with Crippen LogP contribution in [0.1, 0.15) is 0 Å². The van der Waals surface area contributed by atoms with Gasteiger partial charge in [-0.05, 0) is 86.1 Å². The number of benzene rings is 8. The van der Waals surface area contributed by atoms with Crippen LogP contribution in [0, 0.1) is 0 Å². The van der Waals surface area contributed by atoms with E-state index >= 15 is 0 Å². The molecule has 0 bridgehead atoms. The molecule has 0 saturated heterocycles. The molecule has 0 aromatic heterocycles. The minimum Gasteiger partial charge on any atom is -0.310 e. The summed E-state index contributed by atoms with van der Waals surface area (Å²) in [7, 11) is 0. The molecule has 0 heterocycles. The summed E-state index contributed by atoms with van der Waals surface area (Å²) < 4.78 is 0. The van der Waals surface area contributed by atoms with Gasteiger partial charge in [-0.2, -0.15) is 0 Å². The van der Waals surface area contributed by atoms with Crippen LogP contribution in [-0.2, 0) is 0 Å². The van der Waals surface area contributed by atoms with E-state index in [1.54, 1.807) is 0 Å². The number of hydrogen-bond acceptors (Lipinski definition) is 1. The van der Waals surface area contributed by atoms with Crippen LogP contribution >= 0.6 is 0 Å². The second kappa shape index (κ2) is 12.7. The van der Waals surface area contributed by atoms with Crippen LogP contribution < -0.4 is 4.90 Å². The zero-order chi connectivity index (χ0) is 31.4. The monoisotopic (exact) mass is 599 g/mol. The summed E-state index contributed by atoms with van der Waals surface area (Å²) in [5.74, 6) is 0. The zero-order valence-electron chi connectivity index (χ0n) is 26.0. The summed E-state index contributed by atoms with van der Waals surface area (Å²) in [4.78, 5) is 2.40. The van der Waals surface area contributed by atoms with Gasteiger partial charge in [0.2, 0.25) is 0 Å². The van der Waals surface area contributed by atoms with Crippen LogP contribution in [0.4, 0.5) is 17.1 Å². The Morgan fingerprint density at radius 3 is 1.38 bits per heavy atom. The molecule has 8 aromatic rings. The first-order valence-electron chi connectivity index (χ1n) is 16.1. The third kappa shape index (κ3) is 5.83. The zero-order valence-corrected chi connectivity index (χ0v) is 26.0. The fraction of sp³-hybridized carbons (Fsp3) is 0. The molecule has 1 heteroatoms. The smallest absolute Gasteiger partial charge is 0.0540 e. The predicted octanol–water partition coefficient (Wildman–Crippen LogP) is 13.0. The summed E-state index contributed by atoms with van der Waals surface area (Å²) in [6.07, 6.45) is 0. The number of hydrogen-bond donors (Lipinski definition) is 0. The number of nitrogens with zero attached hydrogens (tertiary/aromatic N) is 1. The van der Waals surface area contributed by atoms with Crippen LogP contribution in [0.5, 0.6) is 0 Å². The molecule has 0 radical (unpaired) electrons. The van der Waals surface area contributed by atoms with Gasteiger partial charge in [-0.25, -0.2) is 0 Å². The SMILES string of the molecule is c1ccc(-c2ccc(-c3cccc(N(c4cccc(-c5ccc6ccccc6c5)c4)c4ccccc4-c4ccccc4)c3)cc2)cc1. The van der Waals surface area contributed by atoms with Crippen molar-refractivity contribution in [3.05, 3.63) is 200 Å². The van der Waals surface area contributed by atoms with E-state index in [2.05, 4.69) is 205 Å². The number of para-hydroxylation sites is 1. The molecule has 0 spiro atoms. The van der Waals surface area contributed by atoms with E-state index in [9.17, 15) is 0 Å². The molecule has 0 unspecified atom stereocenters. The topological polar surface area (TPSA) is 3.24 Å². The lowest BCUT2D eigenvalue weighted by molar-refractivity contribution is 1.28. The predicted molar refractivity (Wildman–Crippen MR) is 200 cm³/mol. The summed E-state index contributed by atoms with van der Waals surface area (Å²) in [6, 6.07) is 71.9. The normalized spacial score (nSPS) is 11.0. The second-order valence-electron chi connectivity index (χ2n) is 11.8. The molecule has 0 saturated carbocycles. The van der Waals surface area contributed by atoms with Gasteiger partial charge in [0, 0.05) is 16.9 Å². The molecule has 0 amide bonds. The third-order valence-electron chi connectivity index (χ3n) is 8.85. The highest BCUT2D eigenvalue weighted by molar-refractivity contribution is 5.91. The van der Waals surface area contributed by atoms with Crippen LogP contribution in [0.2, 0.25) is 0 Å². The number of anilines is 3. The lowest BCUT2D eigenvalue weighted by Gasteiger charge is -2.29. The maximum absolute atomic E-state index is 2.40. The van der Waals surface area contributed by atoms with Gasteiger partial charge in [0.05, 0.1) is 5.69 Å². The molecule has 0 aliphatic carbocycles. The fourth-order valence-electron chi connectivity index (χ4n) is 6.46. The van der Waals surface area contributed by atoms with Crippen molar-refractivity contribution < 1.29 is 0 Å². The van der Waals surface area contributed by atoms with Gasteiger partial charge in [-0.3, -0.25) is 0 Å². The van der Waals surface area contributed by atoms with Crippen molar-refractivity contribution in [2.75, 3.05) is 4.90 Å². The van der Waals surface area contributed by atoms with Gasteiger partial charge >= 0.3 is 0 Å². The Kier molecular flexibility index (Phi) is 7.63. The average Bonchev–Trinajstić information content (AvgIpc) is 3.16. The molecule has 0 aliphatic rings. The van der Waals surface area contributed by atoms with Gasteiger partial charge in [0.25, 0.3) is 0 Å². The lowest BCUT2D eigenvalue weighted by Crippen LogP contribution is -2.11. The molecule has 1 nitrogen and oxygen atoms in total. The van der Waals surface area contributed by atoms with E-state index in [1.807, 2.05) is 0 Å². The van der Waals surface area contributed by atoms with E-state index in [4.69, 9.17) is 0 Å². The van der Waals surface area contributed by atoms with Crippen LogP contribution in [0.3, 0.4) is 0 Å². The molecule has 0 N–H and O–H groups in total. The first kappa shape index (κ1) is 28.3. The van der Waals surface area contributed by atoms with E-state index in [0.717, 1.165) is 17.1 Å². The van der Waals surface area contributed by atoms with Crippen molar-refractivity contribution in [3.8, 4) is 44.5 Å². The van der Waals surface area contributed by atoms with Crippen LogP contribution in [0.25, 0.3) is 55.3 Å². The van der Waals surface area contributed by atoms with Gasteiger partial charge < -0.3 is 4.90 Å². The van der Waals surface area contributed by atoms with Gasteiger partial charge in [-0.15, -0.1) is 0 Å². The maximum atomic E-state index is 2.40. The van der Waals surface area contributed by atoms with E-state index < -0.39 is 0 Å². The van der Waals surface area contributed by atoms with Crippen molar-refractivity contribution in [1.82, 2.24) is 0 Å². The van der Waals surface area contributed by atoms with Gasteiger partial charge in [0.1, 0.15) is 0 Å². The Labute approximate surface area is 276 Å². The summed E-state index contributed by atoms with van der Waals surface area (Å²) in [5, 5.41) is 2.49. The second-order valence-corrected chi connectivity index (χ2v) is 11.8. The molecule has 0 atom stereocenters. The van der Waals surface area contributed by atoms with E-state index in [1.165, 1.54) is 55.3 Å². The Hall–Kier alpha value is -6.18. The van der Waals surface area contributed by atoms with Crippen molar-refractivity contribution >= 4 is 27.8 Å². The summed E-state index contributed by atoms with van der Waals surface area (Å²) in [6.45, 7) is 0. The van der Waals surface area contributed by atoms with E-state index in [-0.39, 0.29) is 0 Å². The van der Waals surface area contributed by atoms with Gasteiger partial charge in [0.15, 0.2) is 0 Å². The average molecular weight is 600 g/mol. The molecule has 0 aliphatic heterocycles. The minimum atomic E-state index is 1.11. The number of fused-ring (bicyclic) bond motifs is 1. The van der Waals surface area contributed by atoms with E-state index in [0.29, 0.717) is 0 Å². The van der Waals surface area contributed by atoms with Gasteiger partial charge in [-0.1, -0.05) is 164 Å². The van der Waals surface area contributed by atoms with Crippen molar-refractivity contribution in [1.29, 1.82) is 0 Å². The highest BCUT2D eigenvalue weighted by Crippen LogP contribution is 2.43. The first-order chi connectivity index (χ1) is 23.3. The molecule has 222 valence electrons. The first-order valence-corrected chi connectivity index (χ1v) is 16.1. The Balaban J connectivity index is 1.25. The molecule has 0 fully saturated rings.